The average molecular weight is 375 g/mol. The van der Waals surface area contributed by atoms with E-state index in [4.69, 9.17) is 0 Å². The summed E-state index contributed by atoms with van der Waals surface area (Å²) in [5, 5.41) is 5.33. The van der Waals surface area contributed by atoms with Crippen LogP contribution in [0.3, 0.4) is 0 Å². The van der Waals surface area contributed by atoms with Crippen molar-refractivity contribution < 1.29 is 4.57 Å². The quantitative estimate of drug-likeness (QED) is 0.327. The van der Waals surface area contributed by atoms with E-state index in [0.717, 1.165) is 19.4 Å². The molecule has 29 heavy (non-hydrogen) atoms. The predicted molar refractivity (Wildman–Crippen MR) is 121 cm³/mol. The normalized spacial score (nSPS) is 11.2. The van der Waals surface area contributed by atoms with E-state index in [1.54, 1.807) is 0 Å². The van der Waals surface area contributed by atoms with Crippen molar-refractivity contribution in [3.8, 4) is 0 Å². The van der Waals surface area contributed by atoms with Crippen molar-refractivity contribution in [2.45, 2.75) is 19.4 Å². The second-order valence-corrected chi connectivity index (χ2v) is 7.60. The molecule has 0 saturated carbocycles. The Bertz CT molecular complexity index is 1280. The van der Waals surface area contributed by atoms with Gasteiger partial charge in [0.25, 0.3) is 0 Å². The molecule has 0 fully saturated rings. The first-order valence-corrected chi connectivity index (χ1v) is 10.3. The lowest BCUT2D eigenvalue weighted by Crippen LogP contribution is -2.38. The number of fused-ring (bicyclic) bond motifs is 2. The van der Waals surface area contributed by atoms with Crippen LogP contribution in [0, 0.1) is 0 Å². The van der Waals surface area contributed by atoms with Crippen LogP contribution in [-0.2, 0) is 19.4 Å². The number of aryl methyl sites for hydroxylation is 2. The molecule has 0 atom stereocenters. The Morgan fingerprint density at radius 2 is 1.07 bits per heavy atom. The Balaban J connectivity index is 1.44. The van der Waals surface area contributed by atoms with Crippen molar-refractivity contribution in [2.75, 3.05) is 0 Å². The zero-order valence-electron chi connectivity index (χ0n) is 16.5. The Morgan fingerprint density at radius 3 is 1.83 bits per heavy atom. The summed E-state index contributed by atoms with van der Waals surface area (Å²) in [6, 6.07) is 37.1. The molecule has 0 aliphatic rings. The Hall–Kier alpha value is -3.45. The fraction of sp³-hybridized carbons (Fsp3) is 0.107. The van der Waals surface area contributed by atoms with Crippen LogP contribution in [0.15, 0.2) is 109 Å². The highest BCUT2D eigenvalue weighted by atomic mass is 15.0. The molecule has 0 bridgehead atoms. The van der Waals surface area contributed by atoms with E-state index in [1.807, 2.05) is 0 Å². The van der Waals surface area contributed by atoms with E-state index < -0.39 is 0 Å². The van der Waals surface area contributed by atoms with Crippen LogP contribution in [0.4, 0.5) is 0 Å². The van der Waals surface area contributed by atoms with Gasteiger partial charge in [-0.25, -0.2) is 0 Å². The number of pyridine rings is 1. The summed E-state index contributed by atoms with van der Waals surface area (Å²) in [7, 11) is 0. The van der Waals surface area contributed by atoms with Gasteiger partial charge in [-0.15, -0.1) is 0 Å². The van der Waals surface area contributed by atoms with Gasteiger partial charge < -0.3 is 0 Å². The van der Waals surface area contributed by atoms with Crippen LogP contribution in [0.2, 0.25) is 0 Å². The number of hydrogen-bond donors (Lipinski definition) is 0. The molecule has 0 saturated heterocycles. The van der Waals surface area contributed by atoms with Gasteiger partial charge in [-0.3, -0.25) is 0 Å². The van der Waals surface area contributed by atoms with Gasteiger partial charge in [0.1, 0.15) is 0 Å². The maximum atomic E-state index is 2.40. The molecule has 1 aromatic heterocycles. The lowest BCUT2D eigenvalue weighted by molar-refractivity contribution is -0.695. The van der Waals surface area contributed by atoms with Crippen LogP contribution < -0.4 is 4.57 Å². The van der Waals surface area contributed by atoms with E-state index in [2.05, 4.69) is 114 Å². The first-order valence-electron chi connectivity index (χ1n) is 10.3. The van der Waals surface area contributed by atoms with Crippen molar-refractivity contribution >= 4 is 21.5 Å². The summed E-state index contributed by atoms with van der Waals surface area (Å²) >= 11 is 0. The molecule has 0 spiro atoms. The standard InChI is InChI=1S/C28H24N/c1-3-16-27-22(9-1)11-7-13-24(27)18-19-26-15-5-6-20-29(26)21-25-14-8-12-23-10-2-4-17-28(23)25/h1-17,20H,18-19,21H2/q+1. The summed E-state index contributed by atoms with van der Waals surface area (Å²) < 4.78 is 2.40. The van der Waals surface area contributed by atoms with E-state index in [-0.39, 0.29) is 0 Å². The van der Waals surface area contributed by atoms with Gasteiger partial charge in [-0.2, -0.15) is 4.57 Å². The number of aromatic nitrogens is 1. The Morgan fingerprint density at radius 1 is 0.483 bits per heavy atom. The topological polar surface area (TPSA) is 3.88 Å². The molecule has 1 heterocycles. The minimum absolute atomic E-state index is 0.896. The van der Waals surface area contributed by atoms with Gasteiger partial charge in [0, 0.05) is 24.1 Å². The Labute approximate surface area is 171 Å². The molecule has 5 rings (SSSR count). The molecular formula is C28H24N+. The third-order valence-corrected chi connectivity index (χ3v) is 5.79. The molecular weight excluding hydrogens is 350 g/mol. The average Bonchev–Trinajstić information content (AvgIpc) is 2.79. The van der Waals surface area contributed by atoms with Gasteiger partial charge in [0.05, 0.1) is 0 Å². The summed E-state index contributed by atoms with van der Waals surface area (Å²) in [5.41, 5.74) is 4.16. The fourth-order valence-electron chi connectivity index (χ4n) is 4.28. The number of nitrogens with zero attached hydrogens (tertiary/aromatic N) is 1. The maximum absolute atomic E-state index is 2.40. The molecule has 5 aromatic rings. The van der Waals surface area contributed by atoms with Gasteiger partial charge in [-0.05, 0) is 33.5 Å². The Kier molecular flexibility index (Phi) is 4.80. The molecule has 1 nitrogen and oxygen atoms in total. The molecule has 0 aliphatic heterocycles. The molecule has 0 aliphatic carbocycles. The molecule has 0 amide bonds. The van der Waals surface area contributed by atoms with Crippen molar-refractivity contribution in [1.82, 2.24) is 0 Å². The van der Waals surface area contributed by atoms with Crippen LogP contribution in [0.1, 0.15) is 16.8 Å². The molecule has 1 heteroatoms. The van der Waals surface area contributed by atoms with E-state index in [1.165, 1.54) is 38.4 Å². The third kappa shape index (κ3) is 3.64. The van der Waals surface area contributed by atoms with E-state index in [9.17, 15) is 0 Å². The minimum Gasteiger partial charge on any atom is -0.198 e. The van der Waals surface area contributed by atoms with Gasteiger partial charge in [0.2, 0.25) is 0 Å². The second-order valence-electron chi connectivity index (χ2n) is 7.60. The van der Waals surface area contributed by atoms with Crippen molar-refractivity contribution in [2.24, 2.45) is 0 Å². The van der Waals surface area contributed by atoms with Crippen LogP contribution in [-0.4, -0.2) is 0 Å². The molecule has 0 radical (unpaired) electrons. The highest BCUT2D eigenvalue weighted by Crippen LogP contribution is 2.21. The highest BCUT2D eigenvalue weighted by Gasteiger charge is 2.13. The van der Waals surface area contributed by atoms with Crippen LogP contribution >= 0.6 is 0 Å². The summed E-state index contributed by atoms with van der Waals surface area (Å²) in [4.78, 5) is 0. The van der Waals surface area contributed by atoms with E-state index in [0.29, 0.717) is 0 Å². The molecule has 140 valence electrons. The van der Waals surface area contributed by atoms with Gasteiger partial charge in [0.15, 0.2) is 18.4 Å². The first kappa shape index (κ1) is 17.6. The van der Waals surface area contributed by atoms with Gasteiger partial charge >= 0.3 is 0 Å². The van der Waals surface area contributed by atoms with Crippen molar-refractivity contribution in [1.29, 1.82) is 0 Å². The lowest BCUT2D eigenvalue weighted by atomic mass is 10.00. The molecule has 0 N–H and O–H groups in total. The van der Waals surface area contributed by atoms with Crippen LogP contribution in [0.25, 0.3) is 21.5 Å². The minimum atomic E-state index is 0.896. The van der Waals surface area contributed by atoms with E-state index >= 15 is 0 Å². The van der Waals surface area contributed by atoms with Crippen molar-refractivity contribution in [3.05, 3.63) is 126 Å². The monoisotopic (exact) mass is 374 g/mol. The maximum Gasteiger partial charge on any atom is 0.181 e. The number of hydrogen-bond acceptors (Lipinski definition) is 0. The van der Waals surface area contributed by atoms with Crippen molar-refractivity contribution in [3.63, 3.8) is 0 Å². The zero-order valence-corrected chi connectivity index (χ0v) is 16.5. The SMILES string of the molecule is c1cc[n+](Cc2cccc3ccccc23)c(CCc2cccc3ccccc23)c1. The third-order valence-electron chi connectivity index (χ3n) is 5.79. The number of benzene rings is 4. The lowest BCUT2D eigenvalue weighted by Gasteiger charge is -2.08. The fourth-order valence-corrected chi connectivity index (χ4v) is 4.28. The summed E-state index contributed by atoms with van der Waals surface area (Å²) in [5.74, 6) is 0. The summed E-state index contributed by atoms with van der Waals surface area (Å²) in [6.45, 7) is 0.896. The zero-order chi connectivity index (χ0) is 19.5. The predicted octanol–water partition coefficient (Wildman–Crippen LogP) is 6.11. The smallest absolute Gasteiger partial charge is 0.181 e. The highest BCUT2D eigenvalue weighted by molar-refractivity contribution is 5.86. The van der Waals surface area contributed by atoms with Gasteiger partial charge in [-0.1, -0.05) is 91.0 Å². The second kappa shape index (κ2) is 7.89. The molecule has 0 unspecified atom stereocenters. The first-order chi connectivity index (χ1) is 14.4. The largest absolute Gasteiger partial charge is 0.198 e. The molecule has 4 aromatic carbocycles. The summed E-state index contributed by atoms with van der Waals surface area (Å²) in [6.07, 6.45) is 4.28. The number of rotatable bonds is 5. The van der Waals surface area contributed by atoms with Crippen LogP contribution in [0.5, 0.6) is 0 Å².